The predicted octanol–water partition coefficient (Wildman–Crippen LogP) is 1.56. The zero-order valence-corrected chi connectivity index (χ0v) is 9.06. The third-order valence-electron chi connectivity index (χ3n) is 1.72. The number of nitrogens with zero attached hydrogens (tertiary/aromatic N) is 1. The van der Waals surface area contributed by atoms with Gasteiger partial charge in [0.25, 0.3) is 0 Å². The van der Waals surface area contributed by atoms with Crippen molar-refractivity contribution >= 4 is 11.3 Å². The van der Waals surface area contributed by atoms with Crippen LogP contribution in [0.2, 0.25) is 0 Å². The molecule has 0 aliphatic heterocycles. The van der Waals surface area contributed by atoms with E-state index in [1.807, 2.05) is 11.7 Å². The van der Waals surface area contributed by atoms with Gasteiger partial charge in [-0.1, -0.05) is 0 Å². The van der Waals surface area contributed by atoms with Crippen LogP contribution in [0.4, 0.5) is 0 Å². The number of aliphatic hydroxyl groups is 1. The molecule has 0 aliphatic rings. The maximum absolute atomic E-state index is 9.49. The summed E-state index contributed by atoms with van der Waals surface area (Å²) in [5.74, 6) is 0. The van der Waals surface area contributed by atoms with E-state index in [1.54, 1.807) is 25.2 Å². The number of aromatic nitrogens is 1. The summed E-state index contributed by atoms with van der Waals surface area (Å²) in [7, 11) is 0. The van der Waals surface area contributed by atoms with Crippen molar-refractivity contribution in [1.82, 2.24) is 10.3 Å². The van der Waals surface area contributed by atoms with Gasteiger partial charge in [-0.25, -0.2) is 0 Å². The van der Waals surface area contributed by atoms with Gasteiger partial charge in [-0.2, -0.15) is 0 Å². The summed E-state index contributed by atoms with van der Waals surface area (Å²) < 4.78 is 0. The molecule has 0 aliphatic carbocycles. The molecular formula is C9H16N2OS. The van der Waals surface area contributed by atoms with Crippen molar-refractivity contribution in [3.05, 3.63) is 16.6 Å². The Balaban J connectivity index is 2.39. The first-order valence-electron chi connectivity index (χ1n) is 4.33. The Kier molecular flexibility index (Phi) is 3.41. The second-order valence-electron chi connectivity index (χ2n) is 3.82. The molecule has 1 aromatic rings. The van der Waals surface area contributed by atoms with Crippen LogP contribution >= 0.6 is 11.3 Å². The van der Waals surface area contributed by atoms with E-state index in [0.29, 0.717) is 6.54 Å². The zero-order chi connectivity index (χ0) is 9.90. The lowest BCUT2D eigenvalue weighted by Crippen LogP contribution is -2.35. The fourth-order valence-corrected chi connectivity index (χ4v) is 1.60. The SMILES string of the molecule is CC(NCC(C)(C)O)c1cncs1. The lowest BCUT2D eigenvalue weighted by Gasteiger charge is -2.20. The highest BCUT2D eigenvalue weighted by atomic mass is 32.1. The van der Waals surface area contributed by atoms with Crippen LogP contribution < -0.4 is 5.32 Å². The van der Waals surface area contributed by atoms with Gasteiger partial charge in [-0.05, 0) is 20.8 Å². The van der Waals surface area contributed by atoms with E-state index in [0.717, 1.165) is 0 Å². The van der Waals surface area contributed by atoms with Gasteiger partial charge < -0.3 is 10.4 Å². The fraction of sp³-hybridized carbons (Fsp3) is 0.667. The van der Waals surface area contributed by atoms with E-state index >= 15 is 0 Å². The largest absolute Gasteiger partial charge is 0.389 e. The van der Waals surface area contributed by atoms with Gasteiger partial charge in [-0.15, -0.1) is 11.3 Å². The molecule has 1 aromatic heterocycles. The monoisotopic (exact) mass is 200 g/mol. The van der Waals surface area contributed by atoms with E-state index in [4.69, 9.17) is 0 Å². The van der Waals surface area contributed by atoms with Gasteiger partial charge in [0.15, 0.2) is 0 Å². The van der Waals surface area contributed by atoms with E-state index in [1.165, 1.54) is 4.88 Å². The summed E-state index contributed by atoms with van der Waals surface area (Å²) in [4.78, 5) is 5.20. The van der Waals surface area contributed by atoms with Crippen molar-refractivity contribution in [3.8, 4) is 0 Å². The molecule has 0 aromatic carbocycles. The van der Waals surface area contributed by atoms with Crippen molar-refractivity contribution in [2.75, 3.05) is 6.54 Å². The molecule has 1 atom stereocenters. The molecule has 0 spiro atoms. The Morgan fingerprint density at radius 3 is 2.85 bits per heavy atom. The van der Waals surface area contributed by atoms with E-state index in [-0.39, 0.29) is 6.04 Å². The minimum Gasteiger partial charge on any atom is -0.389 e. The molecular weight excluding hydrogens is 184 g/mol. The highest BCUT2D eigenvalue weighted by Crippen LogP contribution is 2.16. The first-order chi connectivity index (χ1) is 5.99. The first-order valence-corrected chi connectivity index (χ1v) is 5.21. The average molecular weight is 200 g/mol. The molecule has 0 saturated heterocycles. The second-order valence-corrected chi connectivity index (χ2v) is 4.74. The molecule has 4 heteroatoms. The summed E-state index contributed by atoms with van der Waals surface area (Å²) in [6.07, 6.45) is 1.85. The van der Waals surface area contributed by atoms with Gasteiger partial charge in [0.05, 0.1) is 11.1 Å². The summed E-state index contributed by atoms with van der Waals surface area (Å²) in [5.41, 5.74) is 1.16. The first kappa shape index (κ1) is 10.6. The Labute approximate surface area is 82.8 Å². The van der Waals surface area contributed by atoms with Gasteiger partial charge in [0.2, 0.25) is 0 Å². The molecule has 1 unspecified atom stereocenters. The Morgan fingerprint density at radius 1 is 1.69 bits per heavy atom. The van der Waals surface area contributed by atoms with Crippen molar-refractivity contribution < 1.29 is 5.11 Å². The second kappa shape index (κ2) is 4.17. The summed E-state index contributed by atoms with van der Waals surface area (Å²) in [6.45, 7) is 6.24. The zero-order valence-electron chi connectivity index (χ0n) is 8.24. The third kappa shape index (κ3) is 3.85. The lowest BCUT2D eigenvalue weighted by molar-refractivity contribution is 0.0771. The van der Waals surface area contributed by atoms with Gasteiger partial charge >= 0.3 is 0 Å². The van der Waals surface area contributed by atoms with E-state index < -0.39 is 5.60 Å². The van der Waals surface area contributed by atoms with Crippen molar-refractivity contribution in [2.45, 2.75) is 32.4 Å². The lowest BCUT2D eigenvalue weighted by atomic mass is 10.1. The molecule has 0 amide bonds. The maximum atomic E-state index is 9.49. The smallest absolute Gasteiger partial charge is 0.0794 e. The molecule has 13 heavy (non-hydrogen) atoms. The van der Waals surface area contributed by atoms with Crippen LogP contribution in [0.25, 0.3) is 0 Å². The van der Waals surface area contributed by atoms with Crippen LogP contribution in [0.3, 0.4) is 0 Å². The molecule has 3 nitrogen and oxygen atoms in total. The molecule has 74 valence electrons. The number of thiazole rings is 1. The summed E-state index contributed by atoms with van der Waals surface area (Å²) in [5, 5.41) is 12.7. The quantitative estimate of drug-likeness (QED) is 0.775. The van der Waals surface area contributed by atoms with E-state index in [9.17, 15) is 5.11 Å². The molecule has 0 fully saturated rings. The van der Waals surface area contributed by atoms with Crippen LogP contribution in [0.1, 0.15) is 31.7 Å². The molecule has 0 saturated carbocycles. The number of hydrogen-bond acceptors (Lipinski definition) is 4. The van der Waals surface area contributed by atoms with Crippen LogP contribution in [0.15, 0.2) is 11.7 Å². The average Bonchev–Trinajstić information content (AvgIpc) is 2.50. The Hall–Kier alpha value is -0.450. The molecule has 0 radical (unpaired) electrons. The fourth-order valence-electron chi connectivity index (χ4n) is 0.943. The highest BCUT2D eigenvalue weighted by molar-refractivity contribution is 7.09. The van der Waals surface area contributed by atoms with Crippen molar-refractivity contribution in [2.24, 2.45) is 0 Å². The van der Waals surface area contributed by atoms with Crippen LogP contribution in [0.5, 0.6) is 0 Å². The number of rotatable bonds is 4. The number of nitrogens with one attached hydrogen (secondary N) is 1. The molecule has 1 rings (SSSR count). The summed E-state index contributed by atoms with van der Waals surface area (Å²) in [6, 6.07) is 0.263. The molecule has 2 N–H and O–H groups in total. The van der Waals surface area contributed by atoms with Crippen molar-refractivity contribution in [3.63, 3.8) is 0 Å². The maximum Gasteiger partial charge on any atom is 0.0794 e. The standard InChI is InChI=1S/C9H16N2OS/c1-7(8-4-10-6-13-8)11-5-9(2,3)12/h4,6-7,11-12H,5H2,1-3H3. The minimum absolute atomic E-state index is 0.263. The normalized spacial score (nSPS) is 14.5. The van der Waals surface area contributed by atoms with E-state index in [2.05, 4.69) is 17.2 Å². The Bertz CT molecular complexity index is 241. The van der Waals surface area contributed by atoms with Crippen LogP contribution in [-0.2, 0) is 0 Å². The number of hydrogen-bond donors (Lipinski definition) is 2. The predicted molar refractivity (Wildman–Crippen MR) is 54.8 cm³/mol. The third-order valence-corrected chi connectivity index (χ3v) is 2.68. The van der Waals surface area contributed by atoms with Crippen LogP contribution in [-0.4, -0.2) is 22.2 Å². The Morgan fingerprint density at radius 2 is 2.38 bits per heavy atom. The highest BCUT2D eigenvalue weighted by Gasteiger charge is 2.14. The van der Waals surface area contributed by atoms with Crippen LogP contribution in [0, 0.1) is 0 Å². The van der Waals surface area contributed by atoms with Gasteiger partial charge in [-0.3, -0.25) is 4.98 Å². The minimum atomic E-state index is -0.654. The topological polar surface area (TPSA) is 45.1 Å². The van der Waals surface area contributed by atoms with Crippen molar-refractivity contribution in [1.29, 1.82) is 0 Å². The van der Waals surface area contributed by atoms with Gasteiger partial charge in [0.1, 0.15) is 0 Å². The molecule has 0 bridgehead atoms. The summed E-state index contributed by atoms with van der Waals surface area (Å²) >= 11 is 1.63. The molecule has 1 heterocycles. The van der Waals surface area contributed by atoms with Gasteiger partial charge in [0, 0.05) is 23.7 Å².